The van der Waals surface area contributed by atoms with Gasteiger partial charge >= 0.3 is 6.03 Å². The standard InChI is InChI=1S/C14H23N3O2/c1-4-9-17(10-11-18)14(19)15-12-5-7-13(8-6-12)16(2)3/h5-8,18H,4,9-11H2,1-3H3,(H,15,19). The highest BCUT2D eigenvalue weighted by Gasteiger charge is 2.11. The Hall–Kier alpha value is -1.75. The van der Waals surface area contributed by atoms with E-state index in [1.54, 1.807) is 4.90 Å². The number of nitrogens with zero attached hydrogens (tertiary/aromatic N) is 2. The van der Waals surface area contributed by atoms with Crippen LogP contribution in [-0.2, 0) is 0 Å². The molecule has 0 saturated carbocycles. The quantitative estimate of drug-likeness (QED) is 0.827. The van der Waals surface area contributed by atoms with Crippen LogP contribution in [0.2, 0.25) is 0 Å². The van der Waals surface area contributed by atoms with Crippen LogP contribution in [0.25, 0.3) is 0 Å². The van der Waals surface area contributed by atoms with Crippen LogP contribution in [0.5, 0.6) is 0 Å². The second-order valence-electron chi connectivity index (χ2n) is 4.58. The molecule has 1 rings (SSSR count). The van der Waals surface area contributed by atoms with Gasteiger partial charge in [-0.05, 0) is 30.7 Å². The Bertz CT molecular complexity index is 384. The second-order valence-corrected chi connectivity index (χ2v) is 4.58. The molecule has 0 atom stereocenters. The average Bonchev–Trinajstić information content (AvgIpc) is 2.39. The minimum absolute atomic E-state index is 0.0208. The molecule has 0 aliphatic heterocycles. The maximum absolute atomic E-state index is 12.0. The molecule has 0 aliphatic rings. The summed E-state index contributed by atoms with van der Waals surface area (Å²) < 4.78 is 0. The van der Waals surface area contributed by atoms with E-state index in [9.17, 15) is 4.79 Å². The fraction of sp³-hybridized carbons (Fsp3) is 0.500. The Morgan fingerprint density at radius 1 is 1.21 bits per heavy atom. The second kappa shape index (κ2) is 7.63. The smallest absolute Gasteiger partial charge is 0.321 e. The fourth-order valence-corrected chi connectivity index (χ4v) is 1.75. The molecule has 0 fully saturated rings. The molecule has 0 aliphatic carbocycles. The van der Waals surface area contributed by atoms with E-state index in [-0.39, 0.29) is 12.6 Å². The Kier molecular flexibility index (Phi) is 6.15. The Balaban J connectivity index is 2.64. The Morgan fingerprint density at radius 2 is 1.84 bits per heavy atom. The molecule has 0 heterocycles. The SMILES string of the molecule is CCCN(CCO)C(=O)Nc1ccc(N(C)C)cc1. The van der Waals surface area contributed by atoms with Crippen molar-refractivity contribution >= 4 is 17.4 Å². The molecule has 0 saturated heterocycles. The molecule has 5 heteroatoms. The van der Waals surface area contributed by atoms with Crippen molar-refractivity contribution < 1.29 is 9.90 Å². The topological polar surface area (TPSA) is 55.8 Å². The van der Waals surface area contributed by atoms with Crippen molar-refractivity contribution in [3.05, 3.63) is 24.3 Å². The number of aliphatic hydroxyl groups is 1. The Labute approximate surface area is 114 Å². The number of hydrogen-bond acceptors (Lipinski definition) is 3. The third-order valence-electron chi connectivity index (χ3n) is 2.79. The number of nitrogens with one attached hydrogen (secondary N) is 1. The summed E-state index contributed by atoms with van der Waals surface area (Å²) in [6.45, 7) is 2.98. The van der Waals surface area contributed by atoms with Gasteiger partial charge in [-0.25, -0.2) is 4.79 Å². The predicted molar refractivity (Wildman–Crippen MR) is 78.7 cm³/mol. The number of rotatable bonds is 6. The first-order chi connectivity index (χ1) is 9.08. The molecular formula is C14H23N3O2. The van der Waals surface area contributed by atoms with Gasteiger partial charge < -0.3 is 20.2 Å². The number of amides is 2. The van der Waals surface area contributed by atoms with Crippen molar-refractivity contribution in [1.29, 1.82) is 0 Å². The van der Waals surface area contributed by atoms with Crippen molar-refractivity contribution in [2.75, 3.05) is 44.0 Å². The van der Waals surface area contributed by atoms with Gasteiger partial charge in [-0.2, -0.15) is 0 Å². The van der Waals surface area contributed by atoms with E-state index in [0.717, 1.165) is 17.8 Å². The van der Waals surface area contributed by atoms with Gasteiger partial charge in [0.05, 0.1) is 6.61 Å². The molecule has 0 bridgehead atoms. The largest absolute Gasteiger partial charge is 0.395 e. The van der Waals surface area contributed by atoms with E-state index >= 15 is 0 Å². The number of carbonyl (C=O) groups excluding carboxylic acids is 1. The number of urea groups is 1. The van der Waals surface area contributed by atoms with Crippen LogP contribution in [0.1, 0.15) is 13.3 Å². The van der Waals surface area contributed by atoms with Crippen molar-refractivity contribution in [3.63, 3.8) is 0 Å². The number of hydrogen-bond donors (Lipinski definition) is 2. The summed E-state index contributed by atoms with van der Waals surface area (Å²) in [4.78, 5) is 15.6. The average molecular weight is 265 g/mol. The minimum atomic E-state index is -0.173. The number of benzene rings is 1. The van der Waals surface area contributed by atoms with E-state index in [4.69, 9.17) is 5.11 Å². The van der Waals surface area contributed by atoms with Crippen molar-refractivity contribution in [2.24, 2.45) is 0 Å². The summed E-state index contributed by atoms with van der Waals surface area (Å²) >= 11 is 0. The van der Waals surface area contributed by atoms with Gasteiger partial charge in [-0.3, -0.25) is 0 Å². The number of aliphatic hydroxyl groups excluding tert-OH is 1. The minimum Gasteiger partial charge on any atom is -0.395 e. The van der Waals surface area contributed by atoms with Gasteiger partial charge in [0, 0.05) is 38.6 Å². The molecule has 106 valence electrons. The molecule has 0 aromatic heterocycles. The lowest BCUT2D eigenvalue weighted by molar-refractivity contribution is 0.188. The van der Waals surface area contributed by atoms with Crippen molar-refractivity contribution in [1.82, 2.24) is 4.90 Å². The lowest BCUT2D eigenvalue weighted by atomic mass is 10.2. The molecule has 0 unspecified atom stereocenters. The lowest BCUT2D eigenvalue weighted by Crippen LogP contribution is -2.37. The highest BCUT2D eigenvalue weighted by Crippen LogP contribution is 2.16. The molecule has 1 aromatic rings. The normalized spacial score (nSPS) is 10.1. The molecule has 19 heavy (non-hydrogen) atoms. The van der Waals surface area contributed by atoms with E-state index in [1.807, 2.05) is 50.2 Å². The highest BCUT2D eigenvalue weighted by molar-refractivity contribution is 5.89. The highest BCUT2D eigenvalue weighted by atomic mass is 16.3. The van der Waals surface area contributed by atoms with Crippen LogP contribution in [0.15, 0.2) is 24.3 Å². The molecule has 5 nitrogen and oxygen atoms in total. The van der Waals surface area contributed by atoms with Gasteiger partial charge in [0.15, 0.2) is 0 Å². The van der Waals surface area contributed by atoms with Crippen LogP contribution < -0.4 is 10.2 Å². The van der Waals surface area contributed by atoms with Gasteiger partial charge in [0.25, 0.3) is 0 Å². The summed E-state index contributed by atoms with van der Waals surface area (Å²) in [7, 11) is 3.94. The summed E-state index contributed by atoms with van der Waals surface area (Å²) in [6, 6.07) is 7.47. The zero-order valence-electron chi connectivity index (χ0n) is 11.9. The van der Waals surface area contributed by atoms with Gasteiger partial charge in [-0.1, -0.05) is 6.92 Å². The first-order valence-corrected chi connectivity index (χ1v) is 6.52. The van der Waals surface area contributed by atoms with E-state index in [0.29, 0.717) is 13.1 Å². The van der Waals surface area contributed by atoms with E-state index in [1.165, 1.54) is 0 Å². The first-order valence-electron chi connectivity index (χ1n) is 6.52. The van der Waals surface area contributed by atoms with Gasteiger partial charge in [0.2, 0.25) is 0 Å². The van der Waals surface area contributed by atoms with Crippen LogP contribution in [0, 0.1) is 0 Å². The van der Waals surface area contributed by atoms with E-state index < -0.39 is 0 Å². The van der Waals surface area contributed by atoms with Crippen LogP contribution in [0.3, 0.4) is 0 Å². The van der Waals surface area contributed by atoms with Gasteiger partial charge in [0.1, 0.15) is 0 Å². The summed E-state index contributed by atoms with van der Waals surface area (Å²) in [6.07, 6.45) is 0.868. The molecule has 0 spiro atoms. The van der Waals surface area contributed by atoms with Crippen LogP contribution in [0.4, 0.5) is 16.2 Å². The van der Waals surface area contributed by atoms with Crippen molar-refractivity contribution in [2.45, 2.75) is 13.3 Å². The zero-order valence-corrected chi connectivity index (χ0v) is 11.9. The maximum atomic E-state index is 12.0. The summed E-state index contributed by atoms with van der Waals surface area (Å²) in [5.41, 5.74) is 1.84. The molecule has 2 amide bonds. The Morgan fingerprint density at radius 3 is 2.32 bits per heavy atom. The zero-order chi connectivity index (χ0) is 14.3. The summed E-state index contributed by atoms with van der Waals surface area (Å²) in [5.74, 6) is 0. The lowest BCUT2D eigenvalue weighted by Gasteiger charge is -2.21. The van der Waals surface area contributed by atoms with Crippen LogP contribution in [-0.4, -0.2) is 49.8 Å². The maximum Gasteiger partial charge on any atom is 0.321 e. The molecule has 0 radical (unpaired) electrons. The first kappa shape index (κ1) is 15.3. The van der Waals surface area contributed by atoms with Gasteiger partial charge in [-0.15, -0.1) is 0 Å². The number of carbonyl (C=O) groups is 1. The monoisotopic (exact) mass is 265 g/mol. The summed E-state index contributed by atoms with van der Waals surface area (Å²) in [5, 5.41) is 11.8. The molecule has 1 aromatic carbocycles. The predicted octanol–water partition coefficient (Wildman–Crippen LogP) is 1.99. The molecule has 2 N–H and O–H groups in total. The number of anilines is 2. The van der Waals surface area contributed by atoms with Crippen molar-refractivity contribution in [3.8, 4) is 0 Å². The van der Waals surface area contributed by atoms with E-state index in [2.05, 4.69) is 5.32 Å². The molecular weight excluding hydrogens is 242 g/mol. The fourth-order valence-electron chi connectivity index (χ4n) is 1.75. The third-order valence-corrected chi connectivity index (χ3v) is 2.79. The van der Waals surface area contributed by atoms with Crippen LogP contribution >= 0.6 is 0 Å². The third kappa shape index (κ3) is 4.79.